The molecule has 0 radical (unpaired) electrons. The maximum Gasteiger partial charge on any atom is 0.254 e. The van der Waals surface area contributed by atoms with Crippen LogP contribution in [0.15, 0.2) is 42.7 Å². The number of carbonyl (C=O) groups is 2. The van der Waals surface area contributed by atoms with Gasteiger partial charge in [-0.3, -0.25) is 14.3 Å². The molecule has 1 aliphatic heterocycles. The Morgan fingerprint density at radius 1 is 1.28 bits per heavy atom. The fourth-order valence-electron chi connectivity index (χ4n) is 3.04. The number of hydrogen-bond acceptors (Lipinski definition) is 3. The predicted octanol–water partition coefficient (Wildman–Crippen LogP) is 1.77. The molecule has 0 aliphatic carbocycles. The van der Waals surface area contributed by atoms with Gasteiger partial charge in [-0.25, -0.2) is 4.39 Å². The molecule has 0 unspecified atom stereocenters. The second kappa shape index (κ2) is 7.92. The molecule has 132 valence electrons. The lowest BCUT2D eigenvalue weighted by molar-refractivity contribution is -0.125. The second-order valence-corrected chi connectivity index (χ2v) is 6.04. The van der Waals surface area contributed by atoms with E-state index < -0.39 is 12.7 Å². The van der Waals surface area contributed by atoms with E-state index in [1.165, 1.54) is 4.68 Å². The van der Waals surface area contributed by atoms with Gasteiger partial charge in [0.25, 0.3) is 5.91 Å². The number of carbonyl (C=O) groups excluding carboxylic acids is 2. The SMILES string of the molecule is O=C(NCc1cnn(CCF)c1)[C@H]1CCCN1C(=O)c1ccccc1. The van der Waals surface area contributed by atoms with Gasteiger partial charge in [0, 0.05) is 30.4 Å². The smallest absolute Gasteiger partial charge is 0.254 e. The number of hydrogen-bond donors (Lipinski definition) is 1. The van der Waals surface area contributed by atoms with Gasteiger partial charge in [-0.2, -0.15) is 5.10 Å². The van der Waals surface area contributed by atoms with Crippen LogP contribution in [0, 0.1) is 0 Å². The van der Waals surface area contributed by atoms with Crippen molar-refractivity contribution < 1.29 is 14.0 Å². The number of aryl methyl sites for hydroxylation is 1. The molecule has 2 aromatic rings. The minimum absolute atomic E-state index is 0.117. The van der Waals surface area contributed by atoms with Gasteiger partial charge in [-0.1, -0.05) is 18.2 Å². The average Bonchev–Trinajstić information content (AvgIpc) is 3.29. The van der Waals surface area contributed by atoms with E-state index in [1.54, 1.807) is 29.4 Å². The van der Waals surface area contributed by atoms with Crippen molar-refractivity contribution in [1.82, 2.24) is 20.0 Å². The third kappa shape index (κ3) is 4.04. The Morgan fingerprint density at radius 3 is 2.84 bits per heavy atom. The summed E-state index contributed by atoms with van der Waals surface area (Å²) in [4.78, 5) is 26.7. The maximum atomic E-state index is 12.6. The number of alkyl halides is 1. The van der Waals surface area contributed by atoms with Crippen molar-refractivity contribution in [1.29, 1.82) is 0 Å². The second-order valence-electron chi connectivity index (χ2n) is 6.04. The summed E-state index contributed by atoms with van der Waals surface area (Å²) in [7, 11) is 0. The highest BCUT2D eigenvalue weighted by Gasteiger charge is 2.34. The van der Waals surface area contributed by atoms with Crippen molar-refractivity contribution in [3.05, 3.63) is 53.9 Å². The van der Waals surface area contributed by atoms with E-state index in [4.69, 9.17) is 0 Å². The highest BCUT2D eigenvalue weighted by Crippen LogP contribution is 2.20. The molecule has 2 heterocycles. The Kier molecular flexibility index (Phi) is 5.42. The normalized spacial score (nSPS) is 16.8. The molecule has 1 fully saturated rings. The number of rotatable bonds is 6. The van der Waals surface area contributed by atoms with Gasteiger partial charge in [-0.05, 0) is 25.0 Å². The number of halogens is 1. The first-order chi connectivity index (χ1) is 12.2. The summed E-state index contributed by atoms with van der Waals surface area (Å²) in [5.41, 5.74) is 1.40. The Balaban J connectivity index is 1.59. The molecule has 1 aromatic heterocycles. The van der Waals surface area contributed by atoms with Crippen molar-refractivity contribution in [3.63, 3.8) is 0 Å². The zero-order chi connectivity index (χ0) is 17.6. The van der Waals surface area contributed by atoms with Gasteiger partial charge in [0.15, 0.2) is 0 Å². The molecule has 7 heteroatoms. The van der Waals surface area contributed by atoms with Crippen LogP contribution >= 0.6 is 0 Å². The molecule has 6 nitrogen and oxygen atoms in total. The van der Waals surface area contributed by atoms with E-state index in [0.717, 1.165) is 12.0 Å². The molecule has 0 saturated carbocycles. The number of nitrogens with zero attached hydrogens (tertiary/aromatic N) is 3. The zero-order valence-electron chi connectivity index (χ0n) is 13.9. The van der Waals surface area contributed by atoms with Crippen LogP contribution < -0.4 is 5.32 Å². The van der Waals surface area contributed by atoms with E-state index in [-0.39, 0.29) is 18.4 Å². The Hall–Kier alpha value is -2.70. The highest BCUT2D eigenvalue weighted by atomic mass is 19.1. The van der Waals surface area contributed by atoms with Crippen LogP contribution in [0.4, 0.5) is 4.39 Å². The minimum atomic E-state index is -0.480. The molecular weight excluding hydrogens is 323 g/mol. The fraction of sp³-hybridized carbons (Fsp3) is 0.389. The van der Waals surface area contributed by atoms with Crippen LogP contribution in [0.1, 0.15) is 28.8 Å². The third-order valence-electron chi connectivity index (χ3n) is 4.30. The summed E-state index contributed by atoms with van der Waals surface area (Å²) < 4.78 is 13.8. The Morgan fingerprint density at radius 2 is 2.08 bits per heavy atom. The monoisotopic (exact) mass is 344 g/mol. The first-order valence-corrected chi connectivity index (χ1v) is 8.40. The topological polar surface area (TPSA) is 67.2 Å². The van der Waals surface area contributed by atoms with Crippen LogP contribution in [0.25, 0.3) is 0 Å². The van der Waals surface area contributed by atoms with Gasteiger partial charge < -0.3 is 10.2 Å². The molecule has 1 atom stereocenters. The van der Waals surface area contributed by atoms with Crippen LogP contribution in [-0.4, -0.2) is 45.8 Å². The molecular formula is C18H21FN4O2. The quantitative estimate of drug-likeness (QED) is 0.868. The third-order valence-corrected chi connectivity index (χ3v) is 4.30. The summed E-state index contributed by atoms with van der Waals surface area (Å²) in [5, 5.41) is 6.88. The van der Waals surface area contributed by atoms with Crippen molar-refractivity contribution >= 4 is 11.8 Å². The van der Waals surface area contributed by atoms with Crippen LogP contribution in [-0.2, 0) is 17.9 Å². The number of likely N-dealkylation sites (tertiary alicyclic amines) is 1. The van der Waals surface area contributed by atoms with Gasteiger partial charge in [0.1, 0.15) is 12.7 Å². The number of nitrogens with one attached hydrogen (secondary N) is 1. The van der Waals surface area contributed by atoms with Crippen LogP contribution in [0.3, 0.4) is 0 Å². The molecule has 2 amide bonds. The van der Waals surface area contributed by atoms with Crippen LogP contribution in [0.5, 0.6) is 0 Å². The number of benzene rings is 1. The molecule has 1 aliphatic rings. The largest absolute Gasteiger partial charge is 0.350 e. The van der Waals surface area contributed by atoms with E-state index in [9.17, 15) is 14.0 Å². The number of amides is 2. The first kappa shape index (κ1) is 17.1. The van der Waals surface area contributed by atoms with Crippen molar-refractivity contribution in [2.24, 2.45) is 0 Å². The fourth-order valence-corrected chi connectivity index (χ4v) is 3.04. The Labute approximate surface area is 145 Å². The highest BCUT2D eigenvalue weighted by molar-refractivity contribution is 5.97. The van der Waals surface area contributed by atoms with Crippen molar-refractivity contribution in [2.45, 2.75) is 32.0 Å². The van der Waals surface area contributed by atoms with E-state index in [2.05, 4.69) is 10.4 Å². The molecule has 1 saturated heterocycles. The summed E-state index contributed by atoms with van der Waals surface area (Å²) in [6, 6.07) is 8.55. The van der Waals surface area contributed by atoms with Gasteiger partial charge in [-0.15, -0.1) is 0 Å². The molecule has 0 bridgehead atoms. The maximum absolute atomic E-state index is 12.6. The summed E-state index contributed by atoms with van der Waals surface area (Å²) in [5.74, 6) is -0.283. The average molecular weight is 344 g/mol. The molecule has 1 aromatic carbocycles. The summed E-state index contributed by atoms with van der Waals surface area (Å²) >= 11 is 0. The van der Waals surface area contributed by atoms with Gasteiger partial charge in [0.05, 0.1) is 12.7 Å². The first-order valence-electron chi connectivity index (χ1n) is 8.40. The van der Waals surface area contributed by atoms with Gasteiger partial charge in [0.2, 0.25) is 5.91 Å². The standard InChI is InChI=1S/C18H21FN4O2/c19-8-10-22-13-14(12-21-22)11-20-17(24)16-7-4-9-23(16)18(25)15-5-2-1-3-6-15/h1-3,5-6,12-13,16H,4,7-11H2,(H,20,24)/t16-/m1/s1. The van der Waals surface area contributed by atoms with E-state index >= 15 is 0 Å². The Bertz CT molecular complexity index is 732. The molecule has 1 N–H and O–H groups in total. The molecule has 0 spiro atoms. The van der Waals surface area contributed by atoms with Crippen molar-refractivity contribution in [3.8, 4) is 0 Å². The zero-order valence-corrected chi connectivity index (χ0v) is 13.9. The summed E-state index contributed by atoms with van der Waals surface area (Å²) in [6.45, 7) is 0.622. The lowest BCUT2D eigenvalue weighted by Crippen LogP contribution is -2.45. The van der Waals surface area contributed by atoms with Crippen molar-refractivity contribution in [2.75, 3.05) is 13.2 Å². The van der Waals surface area contributed by atoms with Crippen LogP contribution in [0.2, 0.25) is 0 Å². The predicted molar refractivity (Wildman–Crippen MR) is 90.5 cm³/mol. The minimum Gasteiger partial charge on any atom is -0.350 e. The lowest BCUT2D eigenvalue weighted by atomic mass is 10.1. The number of aromatic nitrogens is 2. The van der Waals surface area contributed by atoms with E-state index in [0.29, 0.717) is 25.1 Å². The van der Waals surface area contributed by atoms with Gasteiger partial charge >= 0.3 is 0 Å². The van der Waals surface area contributed by atoms with E-state index in [1.807, 2.05) is 18.2 Å². The lowest BCUT2D eigenvalue weighted by Gasteiger charge is -2.24. The summed E-state index contributed by atoms with van der Waals surface area (Å²) in [6.07, 6.45) is 4.79. The molecule has 3 rings (SSSR count). The molecule has 25 heavy (non-hydrogen) atoms.